The Kier molecular flexibility index (Phi) is 8.16. The molecule has 3 rings (SSSR count). The molecule has 0 aliphatic carbocycles. The predicted octanol–water partition coefficient (Wildman–Crippen LogP) is 5.08. The fourth-order valence-electron chi connectivity index (χ4n) is 3.41. The number of methoxy groups -OCH3 is 2. The van der Waals surface area contributed by atoms with E-state index in [2.05, 4.69) is 27.3 Å². The second kappa shape index (κ2) is 11.1. The topological polar surface area (TPSA) is 109 Å². The number of nitrogens with one attached hydrogen (secondary N) is 1. The van der Waals surface area contributed by atoms with Gasteiger partial charge in [-0.25, -0.2) is 4.79 Å². The zero-order valence-corrected chi connectivity index (χ0v) is 20.6. The van der Waals surface area contributed by atoms with Gasteiger partial charge in [0, 0.05) is 15.9 Å². The van der Waals surface area contributed by atoms with Gasteiger partial charge in [0.05, 0.1) is 37.0 Å². The largest absolute Gasteiger partial charge is 0.496 e. The average molecular weight is 544 g/mol. The number of ether oxygens (including phenoxy) is 2. The summed E-state index contributed by atoms with van der Waals surface area (Å²) in [5, 5.41) is 21.8. The van der Waals surface area contributed by atoms with Crippen LogP contribution in [0.5, 0.6) is 11.5 Å². The Morgan fingerprint density at radius 3 is 2.24 bits per heavy atom. The zero-order chi connectivity index (χ0) is 24.8. The van der Waals surface area contributed by atoms with Gasteiger partial charge in [-0.3, -0.25) is 4.79 Å². The molecule has 0 radical (unpaired) electrons. The molecule has 0 bridgehead atoms. The van der Waals surface area contributed by atoms with Crippen LogP contribution in [0.4, 0.5) is 0 Å². The third-order valence-electron chi connectivity index (χ3n) is 5.09. The van der Waals surface area contributed by atoms with E-state index in [1.165, 1.54) is 20.3 Å². The van der Waals surface area contributed by atoms with Gasteiger partial charge in [0.1, 0.15) is 17.5 Å². The summed E-state index contributed by atoms with van der Waals surface area (Å²) in [5.74, 6) is -0.755. The van der Waals surface area contributed by atoms with E-state index in [0.717, 1.165) is 5.56 Å². The van der Waals surface area contributed by atoms with Crippen LogP contribution >= 0.6 is 27.5 Å². The van der Waals surface area contributed by atoms with Crippen LogP contribution in [0.2, 0.25) is 5.02 Å². The molecule has 3 aromatic carbocycles. The summed E-state index contributed by atoms with van der Waals surface area (Å²) in [6.07, 6.45) is 0.0706. The van der Waals surface area contributed by atoms with Crippen molar-refractivity contribution < 1.29 is 24.2 Å². The number of benzene rings is 3. The van der Waals surface area contributed by atoms with Crippen molar-refractivity contribution in [2.75, 3.05) is 14.2 Å². The molecule has 0 saturated heterocycles. The summed E-state index contributed by atoms with van der Waals surface area (Å²) in [6, 6.07) is 16.0. The lowest BCUT2D eigenvalue weighted by Crippen LogP contribution is -2.42. The first-order chi connectivity index (χ1) is 16.3. The summed E-state index contributed by atoms with van der Waals surface area (Å²) >= 11 is 9.25. The van der Waals surface area contributed by atoms with Gasteiger partial charge in [-0.15, -0.1) is 0 Å². The highest BCUT2D eigenvalue weighted by molar-refractivity contribution is 9.10. The summed E-state index contributed by atoms with van der Waals surface area (Å²) in [7, 11) is 3.01. The van der Waals surface area contributed by atoms with Crippen molar-refractivity contribution in [2.24, 2.45) is 0 Å². The number of rotatable bonds is 8. The van der Waals surface area contributed by atoms with E-state index in [9.17, 15) is 20.0 Å². The molecule has 0 fully saturated rings. The summed E-state index contributed by atoms with van der Waals surface area (Å²) < 4.78 is 11.4. The number of carboxylic acid groups (broad SMARTS) is 1. The third kappa shape index (κ3) is 5.68. The van der Waals surface area contributed by atoms with Crippen molar-refractivity contribution >= 4 is 39.4 Å². The Bertz CT molecular complexity index is 1250. The molecule has 7 nitrogen and oxygen atoms in total. The van der Waals surface area contributed by atoms with E-state index < -0.39 is 17.9 Å². The molecule has 0 aromatic heterocycles. The molecule has 0 spiro atoms. The van der Waals surface area contributed by atoms with E-state index in [1.807, 2.05) is 0 Å². The lowest BCUT2D eigenvalue weighted by Gasteiger charge is -2.17. The first kappa shape index (κ1) is 25.1. The molecule has 0 saturated carbocycles. The maximum Gasteiger partial charge on any atom is 0.326 e. The minimum absolute atomic E-state index is 0.0706. The van der Waals surface area contributed by atoms with E-state index >= 15 is 0 Å². The Hall–Kier alpha value is -3.54. The summed E-state index contributed by atoms with van der Waals surface area (Å²) in [5.41, 5.74) is 2.79. The number of hydrogen-bond donors (Lipinski definition) is 2. The van der Waals surface area contributed by atoms with Crippen molar-refractivity contribution in [3.8, 4) is 28.7 Å². The van der Waals surface area contributed by atoms with Crippen LogP contribution in [0.15, 0.2) is 59.1 Å². The van der Waals surface area contributed by atoms with E-state index in [-0.39, 0.29) is 12.0 Å². The lowest BCUT2D eigenvalue weighted by atomic mass is 9.98. The van der Waals surface area contributed by atoms with Crippen LogP contribution < -0.4 is 14.8 Å². The molecular formula is C25H20BrClN2O5. The molecule has 1 unspecified atom stereocenters. The maximum absolute atomic E-state index is 12.6. The van der Waals surface area contributed by atoms with Crippen molar-refractivity contribution in [1.82, 2.24) is 5.32 Å². The van der Waals surface area contributed by atoms with Gasteiger partial charge in [0.15, 0.2) is 0 Å². The maximum atomic E-state index is 12.6. The second-order valence-corrected chi connectivity index (χ2v) is 8.55. The molecule has 34 heavy (non-hydrogen) atoms. The minimum Gasteiger partial charge on any atom is -0.496 e. The number of halogens is 2. The fourth-order valence-corrected chi connectivity index (χ4v) is 4.01. The fraction of sp³-hybridized carbons (Fsp3) is 0.160. The van der Waals surface area contributed by atoms with Gasteiger partial charge in [-0.1, -0.05) is 35.9 Å². The van der Waals surface area contributed by atoms with Gasteiger partial charge in [0.2, 0.25) is 0 Å². The van der Waals surface area contributed by atoms with Crippen LogP contribution in [-0.2, 0) is 11.2 Å². The monoisotopic (exact) mass is 542 g/mol. The highest BCUT2D eigenvalue weighted by Gasteiger charge is 2.23. The molecular weight excluding hydrogens is 524 g/mol. The Labute approximate surface area is 210 Å². The van der Waals surface area contributed by atoms with Crippen molar-refractivity contribution in [1.29, 1.82) is 5.26 Å². The number of carbonyl (C=O) groups excluding carboxylic acids is 1. The van der Waals surface area contributed by atoms with Crippen molar-refractivity contribution in [2.45, 2.75) is 12.5 Å². The Morgan fingerprint density at radius 2 is 1.71 bits per heavy atom. The summed E-state index contributed by atoms with van der Waals surface area (Å²) in [6.45, 7) is 0. The molecule has 9 heteroatoms. The molecule has 0 aliphatic rings. The number of hydrogen-bond acceptors (Lipinski definition) is 5. The molecule has 3 aromatic rings. The Balaban J connectivity index is 1.84. The number of nitrogens with zero attached hydrogens (tertiary/aromatic N) is 1. The lowest BCUT2D eigenvalue weighted by molar-refractivity contribution is -0.139. The highest BCUT2D eigenvalue weighted by atomic mass is 79.9. The quantitative estimate of drug-likeness (QED) is 0.410. The van der Waals surface area contributed by atoms with E-state index in [0.29, 0.717) is 37.7 Å². The molecule has 1 amide bonds. The van der Waals surface area contributed by atoms with Gasteiger partial charge in [0.25, 0.3) is 5.91 Å². The zero-order valence-electron chi connectivity index (χ0n) is 18.3. The van der Waals surface area contributed by atoms with Crippen molar-refractivity contribution in [3.63, 3.8) is 0 Å². The molecule has 2 N–H and O–H groups in total. The second-order valence-electron chi connectivity index (χ2n) is 7.26. The number of nitriles is 1. The third-order valence-corrected chi connectivity index (χ3v) is 6.02. The van der Waals surface area contributed by atoms with Gasteiger partial charge < -0.3 is 19.9 Å². The first-order valence-corrected chi connectivity index (χ1v) is 11.2. The molecule has 0 aliphatic heterocycles. The van der Waals surface area contributed by atoms with E-state index in [4.69, 9.17) is 21.1 Å². The number of carbonyl (C=O) groups is 2. The minimum atomic E-state index is -1.16. The molecule has 174 valence electrons. The SMILES string of the molecule is COc1cc(C#N)cc(OC)c1-c1ccc(CC(NC(=O)c2cc(Cl)ccc2Br)C(=O)O)cc1. The van der Waals surface area contributed by atoms with Crippen LogP contribution in [0, 0.1) is 11.3 Å². The smallest absolute Gasteiger partial charge is 0.326 e. The highest BCUT2D eigenvalue weighted by Crippen LogP contribution is 2.39. The van der Waals surface area contributed by atoms with Crippen LogP contribution in [0.25, 0.3) is 11.1 Å². The first-order valence-electron chi connectivity index (χ1n) is 10.0. The standard InChI is InChI=1S/C25H20BrClN2O5/c1-33-21-10-15(13-28)11-22(34-2)23(21)16-5-3-14(4-6-16)9-20(25(31)32)29-24(30)18-12-17(27)7-8-19(18)26/h3-8,10-12,20H,9H2,1-2H3,(H,29,30)(H,31,32). The number of aliphatic carboxylic acids is 1. The predicted molar refractivity (Wildman–Crippen MR) is 131 cm³/mol. The Morgan fingerprint density at radius 1 is 1.09 bits per heavy atom. The van der Waals surface area contributed by atoms with Crippen LogP contribution in [-0.4, -0.2) is 37.2 Å². The average Bonchev–Trinajstić information content (AvgIpc) is 2.84. The molecule has 0 heterocycles. The van der Waals surface area contributed by atoms with E-state index in [1.54, 1.807) is 48.5 Å². The van der Waals surface area contributed by atoms with Crippen LogP contribution in [0.1, 0.15) is 21.5 Å². The van der Waals surface area contributed by atoms with Crippen molar-refractivity contribution in [3.05, 3.63) is 80.8 Å². The van der Waals surface area contributed by atoms with Gasteiger partial charge in [-0.05, 0) is 57.4 Å². The molecule has 1 atom stereocenters. The number of amides is 1. The van der Waals surface area contributed by atoms with Gasteiger partial charge >= 0.3 is 5.97 Å². The van der Waals surface area contributed by atoms with Crippen LogP contribution in [0.3, 0.4) is 0 Å². The summed E-state index contributed by atoms with van der Waals surface area (Å²) in [4.78, 5) is 24.5. The number of carboxylic acids is 1. The van der Waals surface area contributed by atoms with Gasteiger partial charge in [-0.2, -0.15) is 5.26 Å². The normalized spacial score (nSPS) is 11.3.